The van der Waals surface area contributed by atoms with E-state index in [2.05, 4.69) is 19.2 Å². The lowest BCUT2D eigenvalue weighted by Crippen LogP contribution is -2.03. The highest BCUT2D eigenvalue weighted by Gasteiger charge is 1.93. The number of nitrogens with one attached hydrogen (secondary N) is 1. The Morgan fingerprint density at radius 1 is 0.909 bits per heavy atom. The summed E-state index contributed by atoms with van der Waals surface area (Å²) >= 11 is 0. The fourth-order valence-electron chi connectivity index (χ4n) is 1.12. The normalized spacial score (nSPS) is 15.8. The summed E-state index contributed by atoms with van der Waals surface area (Å²) in [6, 6.07) is 0. The van der Waals surface area contributed by atoms with E-state index in [1.807, 2.05) is 0 Å². The SMILES string of the molecule is C1CCNC1.CCCCCC. The first-order chi connectivity index (χ1) is 5.41. The van der Waals surface area contributed by atoms with Crippen molar-refractivity contribution in [3.63, 3.8) is 0 Å². The van der Waals surface area contributed by atoms with Crippen LogP contribution in [0.5, 0.6) is 0 Å². The molecule has 0 aliphatic carbocycles. The van der Waals surface area contributed by atoms with E-state index in [1.54, 1.807) is 0 Å². The Morgan fingerprint density at radius 3 is 1.55 bits per heavy atom. The monoisotopic (exact) mass is 157 g/mol. The second-order valence-electron chi connectivity index (χ2n) is 3.16. The largest absolute Gasteiger partial charge is 0.317 e. The first-order valence-corrected chi connectivity index (χ1v) is 5.12. The van der Waals surface area contributed by atoms with Gasteiger partial charge in [0.15, 0.2) is 0 Å². The van der Waals surface area contributed by atoms with Crippen molar-refractivity contribution in [2.75, 3.05) is 13.1 Å². The molecule has 1 rings (SSSR count). The predicted octanol–water partition coefficient (Wildman–Crippen LogP) is 2.96. The van der Waals surface area contributed by atoms with Crippen molar-refractivity contribution in [3.05, 3.63) is 0 Å². The molecule has 1 nitrogen and oxygen atoms in total. The molecule has 11 heavy (non-hydrogen) atoms. The van der Waals surface area contributed by atoms with Gasteiger partial charge in [0, 0.05) is 0 Å². The molecule has 0 unspecified atom stereocenters. The van der Waals surface area contributed by atoms with E-state index in [-0.39, 0.29) is 0 Å². The van der Waals surface area contributed by atoms with Crippen LogP contribution in [0, 0.1) is 0 Å². The second-order valence-corrected chi connectivity index (χ2v) is 3.16. The van der Waals surface area contributed by atoms with E-state index in [9.17, 15) is 0 Å². The molecule has 68 valence electrons. The van der Waals surface area contributed by atoms with Crippen molar-refractivity contribution < 1.29 is 0 Å². The van der Waals surface area contributed by atoms with E-state index >= 15 is 0 Å². The van der Waals surface area contributed by atoms with Gasteiger partial charge >= 0.3 is 0 Å². The van der Waals surface area contributed by atoms with Gasteiger partial charge in [0.25, 0.3) is 0 Å². The molecule has 0 saturated carbocycles. The lowest BCUT2D eigenvalue weighted by atomic mass is 10.2. The van der Waals surface area contributed by atoms with Gasteiger partial charge in [-0.3, -0.25) is 0 Å². The first-order valence-electron chi connectivity index (χ1n) is 5.12. The van der Waals surface area contributed by atoms with Gasteiger partial charge in [0.2, 0.25) is 0 Å². The first kappa shape index (κ1) is 11.0. The average Bonchev–Trinajstić information content (AvgIpc) is 2.57. The average molecular weight is 157 g/mol. The molecule has 0 bridgehead atoms. The molecule has 1 heteroatoms. The molecule has 0 aromatic rings. The Kier molecular flexibility index (Phi) is 9.92. The molecular weight excluding hydrogens is 134 g/mol. The van der Waals surface area contributed by atoms with Gasteiger partial charge in [0.1, 0.15) is 0 Å². The van der Waals surface area contributed by atoms with Crippen molar-refractivity contribution in [1.82, 2.24) is 5.32 Å². The van der Waals surface area contributed by atoms with E-state index in [0.29, 0.717) is 0 Å². The van der Waals surface area contributed by atoms with Gasteiger partial charge in [0.05, 0.1) is 0 Å². The molecule has 0 aromatic carbocycles. The van der Waals surface area contributed by atoms with Crippen LogP contribution in [0.3, 0.4) is 0 Å². The van der Waals surface area contributed by atoms with Crippen molar-refractivity contribution in [2.45, 2.75) is 52.4 Å². The van der Waals surface area contributed by atoms with Crippen molar-refractivity contribution in [2.24, 2.45) is 0 Å². The predicted molar refractivity (Wildman–Crippen MR) is 51.9 cm³/mol. The summed E-state index contributed by atoms with van der Waals surface area (Å²) in [6.07, 6.45) is 8.31. The third kappa shape index (κ3) is 9.96. The van der Waals surface area contributed by atoms with Crippen LogP contribution in [0.2, 0.25) is 0 Å². The van der Waals surface area contributed by atoms with Gasteiger partial charge in [-0.15, -0.1) is 0 Å². The highest BCUT2D eigenvalue weighted by Crippen LogP contribution is 1.95. The van der Waals surface area contributed by atoms with Crippen LogP contribution < -0.4 is 5.32 Å². The van der Waals surface area contributed by atoms with Gasteiger partial charge in [-0.05, 0) is 25.9 Å². The third-order valence-electron chi connectivity index (χ3n) is 1.91. The number of unbranched alkanes of at least 4 members (excludes halogenated alkanes) is 3. The summed E-state index contributed by atoms with van der Waals surface area (Å²) in [5, 5.41) is 3.22. The zero-order chi connectivity index (χ0) is 8.36. The van der Waals surface area contributed by atoms with Gasteiger partial charge in [-0.25, -0.2) is 0 Å². The standard InChI is InChI=1S/C6H14.C4H9N/c1-3-5-6-4-2;1-2-4-5-3-1/h3-6H2,1-2H3;5H,1-4H2. The van der Waals surface area contributed by atoms with Crippen molar-refractivity contribution >= 4 is 0 Å². The van der Waals surface area contributed by atoms with Gasteiger partial charge < -0.3 is 5.32 Å². The summed E-state index contributed by atoms with van der Waals surface area (Å²) in [7, 11) is 0. The maximum absolute atomic E-state index is 3.22. The quantitative estimate of drug-likeness (QED) is 0.621. The molecule has 1 aliphatic heterocycles. The van der Waals surface area contributed by atoms with Crippen LogP contribution in [-0.2, 0) is 0 Å². The fourth-order valence-corrected chi connectivity index (χ4v) is 1.12. The maximum atomic E-state index is 3.22. The summed E-state index contributed by atoms with van der Waals surface area (Å²) in [6.45, 7) is 6.96. The molecule has 0 aromatic heterocycles. The molecular formula is C10H23N. The highest BCUT2D eigenvalue weighted by atomic mass is 14.9. The van der Waals surface area contributed by atoms with Gasteiger partial charge in [-0.2, -0.15) is 0 Å². The zero-order valence-corrected chi connectivity index (χ0v) is 8.16. The van der Waals surface area contributed by atoms with Crippen LogP contribution in [0.1, 0.15) is 52.4 Å². The smallest absolute Gasteiger partial charge is 0.00484 e. The van der Waals surface area contributed by atoms with Crippen LogP contribution in [-0.4, -0.2) is 13.1 Å². The van der Waals surface area contributed by atoms with Gasteiger partial charge in [-0.1, -0.05) is 39.5 Å². The number of rotatable bonds is 3. The summed E-state index contributed by atoms with van der Waals surface area (Å²) < 4.78 is 0. The highest BCUT2D eigenvalue weighted by molar-refractivity contribution is 4.55. The molecule has 0 atom stereocenters. The minimum Gasteiger partial charge on any atom is -0.317 e. The van der Waals surface area contributed by atoms with Crippen molar-refractivity contribution in [1.29, 1.82) is 0 Å². The Bertz CT molecular complexity index is 46.3. The summed E-state index contributed by atoms with van der Waals surface area (Å²) in [4.78, 5) is 0. The molecule has 1 saturated heterocycles. The van der Waals surface area contributed by atoms with Crippen LogP contribution >= 0.6 is 0 Å². The molecule has 1 N–H and O–H groups in total. The maximum Gasteiger partial charge on any atom is -0.00484 e. The Hall–Kier alpha value is -0.0400. The van der Waals surface area contributed by atoms with Crippen LogP contribution in [0.4, 0.5) is 0 Å². The minimum atomic E-state index is 1.25. The Morgan fingerprint density at radius 2 is 1.36 bits per heavy atom. The molecule has 1 aliphatic rings. The van der Waals surface area contributed by atoms with E-state index < -0.39 is 0 Å². The zero-order valence-electron chi connectivity index (χ0n) is 8.16. The molecule has 0 amide bonds. The fraction of sp³-hybridized carbons (Fsp3) is 1.00. The third-order valence-corrected chi connectivity index (χ3v) is 1.91. The minimum absolute atomic E-state index is 1.25. The molecule has 0 radical (unpaired) electrons. The molecule has 1 fully saturated rings. The summed E-state index contributed by atoms with van der Waals surface area (Å²) in [5.41, 5.74) is 0. The molecule has 1 heterocycles. The second kappa shape index (κ2) is 9.96. The Labute approximate surface area is 71.6 Å². The van der Waals surface area contributed by atoms with E-state index in [1.165, 1.54) is 51.6 Å². The number of hydrogen-bond acceptors (Lipinski definition) is 1. The number of hydrogen-bond donors (Lipinski definition) is 1. The van der Waals surface area contributed by atoms with E-state index in [4.69, 9.17) is 0 Å². The Balaban J connectivity index is 0.000000183. The van der Waals surface area contributed by atoms with E-state index in [0.717, 1.165) is 0 Å². The van der Waals surface area contributed by atoms with Crippen LogP contribution in [0.15, 0.2) is 0 Å². The molecule has 0 spiro atoms. The van der Waals surface area contributed by atoms with Crippen molar-refractivity contribution in [3.8, 4) is 0 Å². The van der Waals surface area contributed by atoms with Crippen LogP contribution in [0.25, 0.3) is 0 Å². The lowest BCUT2D eigenvalue weighted by Gasteiger charge is -1.86. The summed E-state index contributed by atoms with van der Waals surface area (Å²) in [5.74, 6) is 0. The topological polar surface area (TPSA) is 12.0 Å². The lowest BCUT2D eigenvalue weighted by molar-refractivity contribution is 0.702.